The number of aliphatic hydroxyl groups is 1. The van der Waals surface area contributed by atoms with Crippen molar-refractivity contribution < 1.29 is 19.5 Å². The van der Waals surface area contributed by atoms with Crippen molar-refractivity contribution >= 4 is 17.8 Å². The first kappa shape index (κ1) is 17.4. The molecule has 3 rings (SSSR count). The van der Waals surface area contributed by atoms with Gasteiger partial charge < -0.3 is 15.3 Å². The Morgan fingerprint density at radius 1 is 1.20 bits per heavy atom. The number of amides is 4. The van der Waals surface area contributed by atoms with Crippen LogP contribution in [0.25, 0.3) is 0 Å². The van der Waals surface area contributed by atoms with Gasteiger partial charge in [-0.25, -0.2) is 4.79 Å². The fourth-order valence-corrected chi connectivity index (χ4v) is 3.47. The van der Waals surface area contributed by atoms with Crippen LogP contribution in [0.15, 0.2) is 30.3 Å². The van der Waals surface area contributed by atoms with Crippen molar-refractivity contribution in [1.82, 2.24) is 15.1 Å². The average Bonchev–Trinajstić information content (AvgIpc) is 2.93. The lowest BCUT2D eigenvalue weighted by Crippen LogP contribution is -2.51. The normalized spacial score (nSPS) is 23.5. The zero-order valence-electron chi connectivity index (χ0n) is 14.1. The monoisotopic (exact) mass is 345 g/mol. The van der Waals surface area contributed by atoms with Crippen LogP contribution in [-0.4, -0.2) is 58.0 Å². The molecule has 4 amide bonds. The third-order valence-corrected chi connectivity index (χ3v) is 4.84. The molecule has 1 aromatic carbocycles. The van der Waals surface area contributed by atoms with E-state index in [1.165, 1.54) is 0 Å². The van der Waals surface area contributed by atoms with Crippen LogP contribution >= 0.6 is 0 Å². The number of nitrogens with one attached hydrogen (secondary N) is 1. The lowest BCUT2D eigenvalue weighted by molar-refractivity contribution is -0.141. The van der Waals surface area contributed by atoms with Crippen molar-refractivity contribution in [2.75, 3.05) is 13.1 Å². The molecule has 2 aliphatic rings. The van der Waals surface area contributed by atoms with Gasteiger partial charge in [-0.15, -0.1) is 0 Å². The maximum Gasteiger partial charge on any atom is 0.325 e. The van der Waals surface area contributed by atoms with E-state index in [1.807, 2.05) is 30.3 Å². The molecule has 7 nitrogen and oxygen atoms in total. The van der Waals surface area contributed by atoms with Gasteiger partial charge in [0.15, 0.2) is 0 Å². The van der Waals surface area contributed by atoms with Crippen molar-refractivity contribution in [3.63, 3.8) is 0 Å². The third kappa shape index (κ3) is 3.99. The van der Waals surface area contributed by atoms with E-state index in [0.29, 0.717) is 13.0 Å². The highest BCUT2D eigenvalue weighted by atomic mass is 16.3. The average molecular weight is 345 g/mol. The number of hydrogen-bond acceptors (Lipinski definition) is 4. The number of carbonyl (C=O) groups excluding carboxylic acids is 3. The van der Waals surface area contributed by atoms with Crippen LogP contribution in [0.4, 0.5) is 4.79 Å². The van der Waals surface area contributed by atoms with Gasteiger partial charge in [0.25, 0.3) is 5.91 Å². The van der Waals surface area contributed by atoms with Crippen molar-refractivity contribution in [2.24, 2.45) is 0 Å². The Hall–Kier alpha value is -2.41. The van der Waals surface area contributed by atoms with Crippen molar-refractivity contribution in [1.29, 1.82) is 0 Å². The summed E-state index contributed by atoms with van der Waals surface area (Å²) in [6.45, 7) is -0.0113. The molecule has 2 N–H and O–H groups in total. The van der Waals surface area contributed by atoms with E-state index in [2.05, 4.69) is 5.32 Å². The summed E-state index contributed by atoms with van der Waals surface area (Å²) in [5, 5.41) is 12.8. The second-order valence-electron chi connectivity index (χ2n) is 6.56. The number of benzene rings is 1. The Labute approximate surface area is 146 Å². The Kier molecular flexibility index (Phi) is 5.33. The van der Waals surface area contributed by atoms with Crippen LogP contribution in [0.5, 0.6) is 0 Å². The van der Waals surface area contributed by atoms with Crippen molar-refractivity contribution in [3.8, 4) is 0 Å². The lowest BCUT2D eigenvalue weighted by Gasteiger charge is -2.38. The Balaban J connectivity index is 1.78. The SMILES string of the molecule is O=C1CNC(=O)N1CC(=O)N(Cc1ccccc1)[C@H]1CCCC[C@@H]1O. The molecule has 1 saturated heterocycles. The first-order valence-electron chi connectivity index (χ1n) is 8.66. The number of hydrogen-bond donors (Lipinski definition) is 2. The van der Waals surface area contributed by atoms with Crippen LogP contribution in [0.2, 0.25) is 0 Å². The van der Waals surface area contributed by atoms with Crippen molar-refractivity contribution in [2.45, 2.75) is 44.4 Å². The molecule has 1 saturated carbocycles. The molecule has 2 fully saturated rings. The molecule has 1 aliphatic carbocycles. The Morgan fingerprint density at radius 3 is 2.56 bits per heavy atom. The molecule has 0 bridgehead atoms. The second-order valence-corrected chi connectivity index (χ2v) is 6.56. The highest BCUT2D eigenvalue weighted by molar-refractivity contribution is 6.04. The molecule has 134 valence electrons. The number of imide groups is 1. The first-order chi connectivity index (χ1) is 12.1. The predicted octanol–water partition coefficient (Wildman–Crippen LogP) is 0.870. The number of aliphatic hydroxyl groups excluding tert-OH is 1. The largest absolute Gasteiger partial charge is 0.391 e. The Morgan fingerprint density at radius 2 is 1.92 bits per heavy atom. The molecular formula is C18H23N3O4. The van der Waals surface area contributed by atoms with Crippen LogP contribution in [-0.2, 0) is 16.1 Å². The lowest BCUT2D eigenvalue weighted by atomic mass is 9.91. The molecule has 0 spiro atoms. The highest BCUT2D eigenvalue weighted by Crippen LogP contribution is 2.25. The van der Waals surface area contributed by atoms with E-state index in [4.69, 9.17) is 0 Å². The summed E-state index contributed by atoms with van der Waals surface area (Å²) in [6, 6.07) is 8.70. The van der Waals surface area contributed by atoms with E-state index in [9.17, 15) is 19.5 Å². The maximum atomic E-state index is 12.9. The van der Waals surface area contributed by atoms with Gasteiger partial charge in [-0.05, 0) is 18.4 Å². The van der Waals surface area contributed by atoms with Crippen LogP contribution in [0.3, 0.4) is 0 Å². The van der Waals surface area contributed by atoms with Crippen LogP contribution in [0.1, 0.15) is 31.2 Å². The summed E-state index contributed by atoms with van der Waals surface area (Å²) >= 11 is 0. The molecule has 7 heteroatoms. The van der Waals surface area contributed by atoms with Gasteiger partial charge in [0.05, 0.1) is 18.7 Å². The van der Waals surface area contributed by atoms with Gasteiger partial charge >= 0.3 is 6.03 Å². The second kappa shape index (κ2) is 7.65. The molecule has 25 heavy (non-hydrogen) atoms. The van der Waals surface area contributed by atoms with Crippen molar-refractivity contribution in [3.05, 3.63) is 35.9 Å². The van der Waals surface area contributed by atoms with E-state index in [-0.39, 0.29) is 25.0 Å². The summed E-state index contributed by atoms with van der Waals surface area (Å²) in [5.74, 6) is -0.720. The summed E-state index contributed by atoms with van der Waals surface area (Å²) in [6.07, 6.45) is 2.69. The molecule has 2 atom stereocenters. The van der Waals surface area contributed by atoms with E-state index < -0.39 is 18.0 Å². The molecule has 1 aromatic rings. The quantitative estimate of drug-likeness (QED) is 0.775. The van der Waals surface area contributed by atoms with Gasteiger partial charge in [-0.1, -0.05) is 43.2 Å². The first-order valence-corrected chi connectivity index (χ1v) is 8.66. The standard InChI is InChI=1S/C18H23N3O4/c22-15-9-5-4-8-14(15)20(11-13-6-2-1-3-7-13)17(24)12-21-16(23)10-19-18(21)25/h1-3,6-7,14-15,22H,4-5,8-12H2,(H,19,25)/t14-,15-/m0/s1. The van der Waals surface area contributed by atoms with E-state index in [1.54, 1.807) is 4.90 Å². The fourth-order valence-electron chi connectivity index (χ4n) is 3.47. The number of rotatable bonds is 5. The molecule has 1 heterocycles. The predicted molar refractivity (Wildman–Crippen MR) is 90.4 cm³/mol. The van der Waals surface area contributed by atoms with Crippen LogP contribution < -0.4 is 5.32 Å². The van der Waals surface area contributed by atoms with E-state index in [0.717, 1.165) is 29.7 Å². The minimum atomic E-state index is -0.579. The Bertz CT molecular complexity index is 633. The van der Waals surface area contributed by atoms with E-state index >= 15 is 0 Å². The number of nitrogens with zero attached hydrogens (tertiary/aromatic N) is 2. The minimum absolute atomic E-state index is 0.0726. The number of urea groups is 1. The van der Waals surface area contributed by atoms with Gasteiger partial charge in [0.2, 0.25) is 5.91 Å². The summed E-state index contributed by atoms with van der Waals surface area (Å²) < 4.78 is 0. The number of carbonyl (C=O) groups is 3. The van der Waals surface area contributed by atoms with Gasteiger partial charge in [-0.3, -0.25) is 14.5 Å². The van der Waals surface area contributed by atoms with Gasteiger partial charge in [-0.2, -0.15) is 0 Å². The molecule has 0 unspecified atom stereocenters. The smallest absolute Gasteiger partial charge is 0.325 e. The summed E-state index contributed by atoms with van der Waals surface area (Å²) in [4.78, 5) is 38.9. The third-order valence-electron chi connectivity index (χ3n) is 4.84. The fraction of sp³-hybridized carbons (Fsp3) is 0.500. The zero-order valence-corrected chi connectivity index (χ0v) is 14.1. The summed E-state index contributed by atoms with van der Waals surface area (Å²) in [7, 11) is 0. The maximum absolute atomic E-state index is 12.9. The summed E-state index contributed by atoms with van der Waals surface area (Å²) in [5.41, 5.74) is 0.950. The molecule has 1 aliphatic heterocycles. The molecule has 0 aromatic heterocycles. The molecule has 0 radical (unpaired) electrons. The topological polar surface area (TPSA) is 90.0 Å². The van der Waals surface area contributed by atoms with Gasteiger partial charge in [0, 0.05) is 6.54 Å². The minimum Gasteiger partial charge on any atom is -0.391 e. The van der Waals surface area contributed by atoms with Gasteiger partial charge in [0.1, 0.15) is 6.54 Å². The zero-order chi connectivity index (χ0) is 17.8. The highest BCUT2D eigenvalue weighted by Gasteiger charge is 2.36. The molecular weight excluding hydrogens is 322 g/mol. The van der Waals surface area contributed by atoms with Crippen LogP contribution in [0, 0.1) is 0 Å².